The number of likely N-dealkylation sites (tertiary alicyclic amines) is 2. The Kier molecular flexibility index (Phi) is 5.71. The van der Waals surface area contributed by atoms with Crippen LogP contribution < -0.4 is 0 Å². The SMILES string of the molecule is COCCN1C[C@@H]2CN(Cc3cccc(C)n3)CCC[C@]2(C(=O)O)C1. The maximum absolute atomic E-state index is 12.2. The number of aliphatic carboxylic acids is 1. The van der Waals surface area contributed by atoms with E-state index < -0.39 is 11.4 Å². The Balaban J connectivity index is 1.72. The molecule has 3 rings (SSSR count). The number of hydrogen-bond donors (Lipinski definition) is 1. The first kappa shape index (κ1) is 18.3. The van der Waals surface area contributed by atoms with Crippen molar-refractivity contribution in [1.29, 1.82) is 0 Å². The van der Waals surface area contributed by atoms with E-state index >= 15 is 0 Å². The van der Waals surface area contributed by atoms with E-state index in [1.54, 1.807) is 7.11 Å². The second-order valence-electron chi connectivity index (χ2n) is 7.50. The second-order valence-corrected chi connectivity index (χ2v) is 7.50. The topological polar surface area (TPSA) is 65.9 Å². The van der Waals surface area contributed by atoms with Crippen LogP contribution >= 0.6 is 0 Å². The molecule has 2 fully saturated rings. The second kappa shape index (κ2) is 7.81. The molecule has 0 radical (unpaired) electrons. The molecule has 0 bridgehead atoms. The van der Waals surface area contributed by atoms with Gasteiger partial charge in [-0.2, -0.15) is 0 Å². The highest BCUT2D eigenvalue weighted by molar-refractivity contribution is 5.76. The van der Waals surface area contributed by atoms with E-state index in [1.807, 2.05) is 19.1 Å². The molecule has 1 aromatic heterocycles. The van der Waals surface area contributed by atoms with Crippen molar-refractivity contribution in [3.05, 3.63) is 29.6 Å². The molecule has 138 valence electrons. The Morgan fingerprint density at radius 1 is 1.40 bits per heavy atom. The molecule has 3 heterocycles. The van der Waals surface area contributed by atoms with Gasteiger partial charge in [-0.3, -0.25) is 19.6 Å². The molecular weight excluding hydrogens is 318 g/mol. The fraction of sp³-hybridized carbons (Fsp3) is 0.684. The molecule has 2 saturated heterocycles. The number of fused-ring (bicyclic) bond motifs is 1. The lowest BCUT2D eigenvalue weighted by Crippen LogP contribution is -2.41. The number of methoxy groups -OCH3 is 1. The van der Waals surface area contributed by atoms with E-state index in [0.29, 0.717) is 13.2 Å². The first-order chi connectivity index (χ1) is 12.0. The van der Waals surface area contributed by atoms with E-state index in [0.717, 1.165) is 57.0 Å². The Labute approximate surface area is 149 Å². The number of nitrogens with zero attached hydrogens (tertiary/aromatic N) is 3. The molecule has 0 aromatic carbocycles. The van der Waals surface area contributed by atoms with Gasteiger partial charge in [0.1, 0.15) is 0 Å². The number of rotatable bonds is 6. The summed E-state index contributed by atoms with van der Waals surface area (Å²) in [6.45, 7) is 7.52. The van der Waals surface area contributed by atoms with Crippen LogP contribution in [0.4, 0.5) is 0 Å². The number of carboxylic acids is 1. The van der Waals surface area contributed by atoms with Crippen LogP contribution in [0.2, 0.25) is 0 Å². The molecule has 1 aromatic rings. The van der Waals surface area contributed by atoms with Crippen molar-refractivity contribution < 1.29 is 14.6 Å². The van der Waals surface area contributed by atoms with Crippen molar-refractivity contribution in [3.63, 3.8) is 0 Å². The van der Waals surface area contributed by atoms with E-state index in [-0.39, 0.29) is 5.92 Å². The molecule has 2 aliphatic rings. The number of aryl methyl sites for hydroxylation is 1. The number of carbonyl (C=O) groups is 1. The maximum Gasteiger partial charge on any atom is 0.311 e. The van der Waals surface area contributed by atoms with E-state index in [9.17, 15) is 9.90 Å². The molecule has 2 aliphatic heterocycles. The normalized spacial score (nSPS) is 27.8. The summed E-state index contributed by atoms with van der Waals surface area (Å²) >= 11 is 0. The zero-order valence-corrected chi connectivity index (χ0v) is 15.3. The molecule has 0 aliphatic carbocycles. The van der Waals surface area contributed by atoms with Crippen LogP contribution in [0.25, 0.3) is 0 Å². The fourth-order valence-corrected chi connectivity index (χ4v) is 4.42. The molecule has 6 nitrogen and oxygen atoms in total. The molecule has 6 heteroatoms. The number of carboxylic acid groups (broad SMARTS) is 1. The van der Waals surface area contributed by atoms with E-state index in [1.165, 1.54) is 0 Å². The van der Waals surface area contributed by atoms with Gasteiger partial charge >= 0.3 is 5.97 Å². The summed E-state index contributed by atoms with van der Waals surface area (Å²) in [5.41, 5.74) is 1.48. The van der Waals surface area contributed by atoms with Gasteiger partial charge in [-0.1, -0.05) is 6.07 Å². The predicted molar refractivity (Wildman–Crippen MR) is 95.4 cm³/mol. The van der Waals surface area contributed by atoms with Gasteiger partial charge in [0.15, 0.2) is 0 Å². The van der Waals surface area contributed by atoms with Gasteiger partial charge in [0, 0.05) is 51.4 Å². The number of hydrogen-bond acceptors (Lipinski definition) is 5. The molecule has 2 atom stereocenters. The van der Waals surface area contributed by atoms with Crippen molar-refractivity contribution in [2.24, 2.45) is 11.3 Å². The summed E-state index contributed by atoms with van der Waals surface area (Å²) in [6.07, 6.45) is 1.68. The summed E-state index contributed by atoms with van der Waals surface area (Å²) in [4.78, 5) is 21.4. The van der Waals surface area contributed by atoms with Crippen molar-refractivity contribution in [1.82, 2.24) is 14.8 Å². The zero-order valence-electron chi connectivity index (χ0n) is 15.3. The molecule has 0 amide bonds. The average molecular weight is 347 g/mol. The monoisotopic (exact) mass is 347 g/mol. The van der Waals surface area contributed by atoms with Gasteiger partial charge in [0.25, 0.3) is 0 Å². The average Bonchev–Trinajstić information content (AvgIpc) is 2.82. The lowest BCUT2D eigenvalue weighted by Gasteiger charge is -2.29. The van der Waals surface area contributed by atoms with E-state index in [4.69, 9.17) is 4.74 Å². The third-order valence-electron chi connectivity index (χ3n) is 5.71. The molecule has 0 unspecified atom stereocenters. The van der Waals surface area contributed by atoms with E-state index in [2.05, 4.69) is 20.9 Å². The molecule has 0 spiro atoms. The van der Waals surface area contributed by atoms with Crippen LogP contribution in [-0.4, -0.2) is 72.3 Å². The van der Waals surface area contributed by atoms with Gasteiger partial charge in [-0.25, -0.2) is 0 Å². The smallest absolute Gasteiger partial charge is 0.311 e. The van der Waals surface area contributed by atoms with Crippen molar-refractivity contribution in [3.8, 4) is 0 Å². The summed E-state index contributed by atoms with van der Waals surface area (Å²) in [6, 6.07) is 6.10. The Morgan fingerprint density at radius 2 is 2.20 bits per heavy atom. The van der Waals surface area contributed by atoms with Crippen LogP contribution in [0, 0.1) is 18.3 Å². The number of pyridine rings is 1. The van der Waals surface area contributed by atoms with Gasteiger partial charge in [0.2, 0.25) is 0 Å². The Bertz CT molecular complexity index is 609. The van der Waals surface area contributed by atoms with Gasteiger partial charge in [0.05, 0.1) is 17.7 Å². The molecule has 25 heavy (non-hydrogen) atoms. The Hall–Kier alpha value is -1.50. The standard InChI is InChI=1S/C19H29N3O3/c1-15-5-3-6-17(20-15)13-21-8-4-7-19(18(23)24)14-22(9-10-25-2)12-16(19)11-21/h3,5-6,16H,4,7-14H2,1-2H3,(H,23,24)/t16-,19-/m0/s1. The third-order valence-corrected chi connectivity index (χ3v) is 5.71. The van der Waals surface area contributed by atoms with Gasteiger partial charge in [-0.05, 0) is 38.4 Å². The molecule has 0 saturated carbocycles. The highest BCUT2D eigenvalue weighted by Gasteiger charge is 2.53. The van der Waals surface area contributed by atoms with Crippen molar-refractivity contribution in [2.45, 2.75) is 26.3 Å². The van der Waals surface area contributed by atoms with Gasteiger partial charge < -0.3 is 9.84 Å². The lowest BCUT2D eigenvalue weighted by atomic mass is 9.75. The fourth-order valence-electron chi connectivity index (χ4n) is 4.42. The lowest BCUT2D eigenvalue weighted by molar-refractivity contribution is -0.151. The van der Waals surface area contributed by atoms with Crippen LogP contribution in [0.1, 0.15) is 24.2 Å². The third kappa shape index (κ3) is 4.02. The maximum atomic E-state index is 12.2. The predicted octanol–water partition coefficient (Wildman–Crippen LogP) is 1.64. The van der Waals surface area contributed by atoms with Crippen LogP contribution in [-0.2, 0) is 16.1 Å². The zero-order chi connectivity index (χ0) is 17.9. The number of aromatic nitrogens is 1. The van der Waals surface area contributed by atoms with Gasteiger partial charge in [-0.15, -0.1) is 0 Å². The quantitative estimate of drug-likeness (QED) is 0.844. The Morgan fingerprint density at radius 3 is 2.92 bits per heavy atom. The first-order valence-electron chi connectivity index (χ1n) is 9.13. The van der Waals surface area contributed by atoms with Crippen molar-refractivity contribution in [2.75, 3.05) is 46.4 Å². The van der Waals surface area contributed by atoms with Crippen LogP contribution in [0.3, 0.4) is 0 Å². The highest BCUT2D eigenvalue weighted by Crippen LogP contribution is 2.43. The summed E-state index contributed by atoms with van der Waals surface area (Å²) in [7, 11) is 1.69. The number of ether oxygens (including phenoxy) is 1. The molecular formula is C19H29N3O3. The summed E-state index contributed by atoms with van der Waals surface area (Å²) < 4.78 is 5.18. The van der Waals surface area contributed by atoms with Crippen LogP contribution in [0.5, 0.6) is 0 Å². The summed E-state index contributed by atoms with van der Waals surface area (Å²) in [5, 5.41) is 9.99. The minimum Gasteiger partial charge on any atom is -0.481 e. The minimum atomic E-state index is -0.632. The molecule has 1 N–H and O–H groups in total. The first-order valence-corrected chi connectivity index (χ1v) is 9.13. The van der Waals surface area contributed by atoms with Crippen molar-refractivity contribution >= 4 is 5.97 Å². The largest absolute Gasteiger partial charge is 0.481 e. The minimum absolute atomic E-state index is 0.161. The summed E-state index contributed by atoms with van der Waals surface area (Å²) in [5.74, 6) is -0.470. The highest BCUT2D eigenvalue weighted by atomic mass is 16.5. The van der Waals surface area contributed by atoms with Crippen LogP contribution in [0.15, 0.2) is 18.2 Å².